The smallest absolute Gasteiger partial charge is 0.387 e. The second-order valence-corrected chi connectivity index (χ2v) is 6.30. The second kappa shape index (κ2) is 8.45. The molecule has 1 N–H and O–H groups in total. The number of aryl methyl sites for hydroxylation is 4. The van der Waals surface area contributed by atoms with Crippen LogP contribution in [0.3, 0.4) is 0 Å². The number of nitriles is 1. The van der Waals surface area contributed by atoms with Gasteiger partial charge in [0.1, 0.15) is 17.4 Å². The fourth-order valence-electron chi connectivity index (χ4n) is 2.80. The number of ether oxygens (including phenoxy) is 1. The van der Waals surface area contributed by atoms with Crippen LogP contribution in [0, 0.1) is 39.0 Å². The van der Waals surface area contributed by atoms with Gasteiger partial charge in [-0.15, -0.1) is 0 Å². The molecule has 4 nitrogen and oxygen atoms in total. The van der Waals surface area contributed by atoms with Gasteiger partial charge in [-0.05, 0) is 74.2 Å². The molecule has 0 heterocycles. The molecule has 2 rings (SSSR count). The Balaban J connectivity index is 2.30. The van der Waals surface area contributed by atoms with Crippen molar-refractivity contribution in [3.8, 4) is 11.8 Å². The minimum atomic E-state index is -2.91. The molecule has 0 aromatic heterocycles. The molecule has 0 saturated heterocycles. The minimum absolute atomic E-state index is 0.0868. The van der Waals surface area contributed by atoms with E-state index in [1.54, 1.807) is 32.0 Å². The van der Waals surface area contributed by atoms with Crippen LogP contribution in [0.5, 0.6) is 5.75 Å². The predicted molar refractivity (Wildman–Crippen MR) is 101 cm³/mol. The van der Waals surface area contributed by atoms with Gasteiger partial charge in [-0.2, -0.15) is 14.0 Å². The quantitative estimate of drug-likeness (QED) is 0.591. The molecule has 0 radical (unpaired) electrons. The number of carbonyl (C=O) groups excluding carboxylic acids is 1. The summed E-state index contributed by atoms with van der Waals surface area (Å²) >= 11 is 0. The van der Waals surface area contributed by atoms with Crippen molar-refractivity contribution in [3.05, 3.63) is 63.7 Å². The summed E-state index contributed by atoms with van der Waals surface area (Å²) in [5, 5.41) is 12.1. The third kappa shape index (κ3) is 5.14. The summed E-state index contributed by atoms with van der Waals surface area (Å²) in [7, 11) is 0. The van der Waals surface area contributed by atoms with Crippen LogP contribution in [-0.4, -0.2) is 12.5 Å². The first kappa shape index (κ1) is 20.1. The third-order valence-electron chi connectivity index (χ3n) is 4.00. The second-order valence-electron chi connectivity index (χ2n) is 6.30. The zero-order valence-corrected chi connectivity index (χ0v) is 15.6. The molecule has 2 aromatic carbocycles. The van der Waals surface area contributed by atoms with Crippen molar-refractivity contribution in [1.29, 1.82) is 5.26 Å². The molecule has 0 bridgehead atoms. The number of halogens is 2. The SMILES string of the molecule is Cc1ccc(NC(=O)/C(C#N)=C/c2cc(C)c(OC(F)F)c(C)c2)c(C)c1. The normalized spacial score (nSPS) is 11.3. The molecule has 2 aromatic rings. The van der Waals surface area contributed by atoms with Crippen molar-refractivity contribution < 1.29 is 18.3 Å². The van der Waals surface area contributed by atoms with Gasteiger partial charge in [0.15, 0.2) is 0 Å². The molecule has 0 fully saturated rings. The number of amides is 1. The standard InChI is InChI=1S/C21H20F2N2O2/c1-12-5-6-18(13(2)7-12)25-20(26)17(11-24)10-16-8-14(3)19(15(4)9-16)27-21(22)23/h5-10,21H,1-4H3,(H,25,26)/b17-10+. The van der Waals surface area contributed by atoms with E-state index in [9.17, 15) is 18.8 Å². The number of rotatable bonds is 5. The highest BCUT2D eigenvalue weighted by Crippen LogP contribution is 2.27. The topological polar surface area (TPSA) is 62.1 Å². The van der Waals surface area contributed by atoms with Gasteiger partial charge in [-0.25, -0.2) is 0 Å². The molecule has 0 atom stereocenters. The first-order valence-corrected chi connectivity index (χ1v) is 8.27. The lowest BCUT2D eigenvalue weighted by Gasteiger charge is -2.12. The number of benzene rings is 2. The Bertz CT molecular complexity index is 921. The van der Waals surface area contributed by atoms with E-state index in [1.807, 2.05) is 32.0 Å². The summed E-state index contributed by atoms with van der Waals surface area (Å²) < 4.78 is 29.5. The Morgan fingerprint density at radius 2 is 1.74 bits per heavy atom. The molecule has 27 heavy (non-hydrogen) atoms. The summed E-state index contributed by atoms with van der Waals surface area (Å²) in [6.45, 7) is 4.16. The van der Waals surface area contributed by atoms with E-state index in [0.717, 1.165) is 11.1 Å². The average molecular weight is 370 g/mol. The molecule has 0 unspecified atom stereocenters. The monoisotopic (exact) mass is 370 g/mol. The van der Waals surface area contributed by atoms with Gasteiger partial charge in [0, 0.05) is 5.69 Å². The molecule has 0 aliphatic rings. The molecule has 0 aliphatic carbocycles. The van der Waals surface area contributed by atoms with E-state index in [2.05, 4.69) is 10.1 Å². The Labute approximate surface area is 157 Å². The zero-order valence-electron chi connectivity index (χ0n) is 15.6. The molecule has 1 amide bonds. The van der Waals surface area contributed by atoms with Crippen LogP contribution >= 0.6 is 0 Å². The Morgan fingerprint density at radius 3 is 2.26 bits per heavy atom. The summed E-state index contributed by atoms with van der Waals surface area (Å²) in [5.41, 5.74) is 4.04. The molecular formula is C21H20F2N2O2. The summed E-state index contributed by atoms with van der Waals surface area (Å²) in [6.07, 6.45) is 1.42. The Morgan fingerprint density at radius 1 is 1.11 bits per heavy atom. The van der Waals surface area contributed by atoms with Crippen molar-refractivity contribution in [3.63, 3.8) is 0 Å². The van der Waals surface area contributed by atoms with Crippen molar-refractivity contribution >= 4 is 17.7 Å². The lowest BCUT2D eigenvalue weighted by atomic mass is 10.0. The first-order chi connectivity index (χ1) is 12.7. The summed E-state index contributed by atoms with van der Waals surface area (Å²) in [6, 6.07) is 10.6. The zero-order chi connectivity index (χ0) is 20.1. The van der Waals surface area contributed by atoms with Crippen LogP contribution in [-0.2, 0) is 4.79 Å². The van der Waals surface area contributed by atoms with Gasteiger partial charge in [0.25, 0.3) is 5.91 Å². The molecular weight excluding hydrogens is 350 g/mol. The fourth-order valence-corrected chi connectivity index (χ4v) is 2.80. The number of nitrogens with one attached hydrogen (secondary N) is 1. The Kier molecular flexibility index (Phi) is 6.30. The van der Waals surface area contributed by atoms with Gasteiger partial charge in [0.2, 0.25) is 0 Å². The molecule has 6 heteroatoms. The number of hydrogen-bond acceptors (Lipinski definition) is 3. The van der Waals surface area contributed by atoms with Crippen molar-refractivity contribution in [1.82, 2.24) is 0 Å². The fraction of sp³-hybridized carbons (Fsp3) is 0.238. The van der Waals surface area contributed by atoms with E-state index in [1.165, 1.54) is 6.08 Å². The number of anilines is 1. The maximum absolute atomic E-state index is 12.5. The van der Waals surface area contributed by atoms with Crippen molar-refractivity contribution in [2.75, 3.05) is 5.32 Å². The third-order valence-corrected chi connectivity index (χ3v) is 4.00. The van der Waals surface area contributed by atoms with Crippen LogP contribution in [0.25, 0.3) is 6.08 Å². The van der Waals surface area contributed by atoms with Gasteiger partial charge in [-0.3, -0.25) is 4.79 Å². The van der Waals surface area contributed by atoms with E-state index in [4.69, 9.17) is 0 Å². The van der Waals surface area contributed by atoms with E-state index in [0.29, 0.717) is 22.4 Å². The van der Waals surface area contributed by atoms with Crippen molar-refractivity contribution in [2.45, 2.75) is 34.3 Å². The van der Waals surface area contributed by atoms with Gasteiger partial charge >= 0.3 is 6.61 Å². The largest absolute Gasteiger partial charge is 0.434 e. The van der Waals surface area contributed by atoms with Gasteiger partial charge < -0.3 is 10.1 Å². The highest BCUT2D eigenvalue weighted by molar-refractivity contribution is 6.10. The van der Waals surface area contributed by atoms with Gasteiger partial charge in [0.05, 0.1) is 0 Å². The highest BCUT2D eigenvalue weighted by Gasteiger charge is 2.14. The maximum atomic E-state index is 12.5. The van der Waals surface area contributed by atoms with E-state index < -0.39 is 12.5 Å². The maximum Gasteiger partial charge on any atom is 0.387 e. The van der Waals surface area contributed by atoms with E-state index >= 15 is 0 Å². The van der Waals surface area contributed by atoms with E-state index in [-0.39, 0.29) is 11.3 Å². The van der Waals surface area contributed by atoms with Crippen LogP contribution in [0.15, 0.2) is 35.9 Å². The summed E-state index contributed by atoms with van der Waals surface area (Å²) in [5.74, 6) is -0.437. The summed E-state index contributed by atoms with van der Waals surface area (Å²) in [4.78, 5) is 12.4. The molecule has 140 valence electrons. The minimum Gasteiger partial charge on any atom is -0.434 e. The number of alkyl halides is 2. The lowest BCUT2D eigenvalue weighted by molar-refractivity contribution is -0.112. The van der Waals surface area contributed by atoms with Crippen LogP contribution < -0.4 is 10.1 Å². The number of nitrogens with zero attached hydrogens (tertiary/aromatic N) is 1. The van der Waals surface area contributed by atoms with Crippen LogP contribution in [0.2, 0.25) is 0 Å². The van der Waals surface area contributed by atoms with Crippen LogP contribution in [0.1, 0.15) is 27.8 Å². The molecule has 0 aliphatic heterocycles. The Hall–Kier alpha value is -3.20. The molecule has 0 spiro atoms. The average Bonchev–Trinajstić information content (AvgIpc) is 2.58. The van der Waals surface area contributed by atoms with Crippen LogP contribution in [0.4, 0.5) is 14.5 Å². The number of hydrogen-bond donors (Lipinski definition) is 1. The number of carbonyl (C=O) groups is 1. The predicted octanol–water partition coefficient (Wildman–Crippen LogP) is 5.07. The lowest BCUT2D eigenvalue weighted by Crippen LogP contribution is -2.14. The van der Waals surface area contributed by atoms with Crippen molar-refractivity contribution in [2.24, 2.45) is 0 Å². The first-order valence-electron chi connectivity index (χ1n) is 8.27. The highest BCUT2D eigenvalue weighted by atomic mass is 19.3. The molecule has 0 saturated carbocycles. The van der Waals surface area contributed by atoms with Gasteiger partial charge in [-0.1, -0.05) is 17.7 Å².